The molecule has 1 amide bonds. The van der Waals surface area contributed by atoms with E-state index in [4.69, 9.17) is 15.2 Å². The van der Waals surface area contributed by atoms with Gasteiger partial charge in [0.25, 0.3) is 0 Å². The molecule has 0 aromatic carbocycles. The average molecular weight is 361 g/mol. The highest BCUT2D eigenvalue weighted by Gasteiger charge is 2.34. The van der Waals surface area contributed by atoms with Gasteiger partial charge in [-0.1, -0.05) is 40.5 Å². The van der Waals surface area contributed by atoms with Crippen molar-refractivity contribution in [2.24, 2.45) is 11.7 Å². The van der Waals surface area contributed by atoms with Gasteiger partial charge in [-0.15, -0.1) is 0 Å². The van der Waals surface area contributed by atoms with Gasteiger partial charge in [0.2, 0.25) is 5.91 Å². The fraction of sp³-hybridized carbons (Fsp3) is 0.895. The zero-order valence-electron chi connectivity index (χ0n) is 17.7. The molecule has 0 spiro atoms. The minimum atomic E-state index is -0.541. The summed E-state index contributed by atoms with van der Waals surface area (Å²) in [4.78, 5) is 25.6. The van der Waals surface area contributed by atoms with E-state index in [1.807, 2.05) is 34.6 Å². The molecule has 0 aliphatic rings. The first kappa shape index (κ1) is 26.1. The molecule has 0 radical (unpaired) electrons. The Labute approximate surface area is 154 Å². The molecule has 6 heteroatoms. The monoisotopic (exact) mass is 360 g/mol. The summed E-state index contributed by atoms with van der Waals surface area (Å²) in [6.45, 7) is 13.7. The lowest BCUT2D eigenvalue weighted by atomic mass is 9.91. The molecule has 3 unspecified atom stereocenters. The molecule has 150 valence electrons. The largest absolute Gasteiger partial charge is 0.460 e. The molecule has 0 saturated heterocycles. The number of ether oxygens (including phenoxy) is 2. The van der Waals surface area contributed by atoms with Crippen molar-refractivity contribution in [2.75, 3.05) is 20.7 Å². The van der Waals surface area contributed by atoms with Gasteiger partial charge < -0.3 is 20.1 Å². The van der Waals surface area contributed by atoms with Crippen molar-refractivity contribution in [1.29, 1.82) is 0 Å². The zero-order chi connectivity index (χ0) is 20.2. The zero-order valence-corrected chi connectivity index (χ0v) is 17.7. The summed E-state index contributed by atoms with van der Waals surface area (Å²) in [6.07, 6.45) is 1.79. The molecule has 0 bridgehead atoms. The van der Waals surface area contributed by atoms with E-state index in [1.54, 1.807) is 19.1 Å². The first-order chi connectivity index (χ1) is 11.5. The first-order valence-corrected chi connectivity index (χ1v) is 9.19. The van der Waals surface area contributed by atoms with Crippen LogP contribution >= 0.6 is 0 Å². The number of carbonyl (C=O) groups excluding carboxylic acids is 2. The minimum Gasteiger partial charge on any atom is -0.460 e. The number of hydrogen-bond acceptors (Lipinski definition) is 5. The van der Waals surface area contributed by atoms with Crippen molar-refractivity contribution in [3.05, 3.63) is 0 Å². The van der Waals surface area contributed by atoms with Crippen molar-refractivity contribution in [2.45, 2.75) is 85.5 Å². The van der Waals surface area contributed by atoms with Crippen molar-refractivity contribution in [1.82, 2.24) is 4.90 Å². The lowest BCUT2D eigenvalue weighted by Crippen LogP contribution is -2.51. The predicted molar refractivity (Wildman–Crippen MR) is 102 cm³/mol. The topological polar surface area (TPSA) is 81.9 Å². The maximum absolute atomic E-state index is 12.1. The second kappa shape index (κ2) is 13.1. The van der Waals surface area contributed by atoms with Crippen molar-refractivity contribution in [3.63, 3.8) is 0 Å². The third kappa shape index (κ3) is 11.2. The number of nitrogens with two attached hydrogens (primary N) is 1. The highest BCUT2D eigenvalue weighted by Crippen LogP contribution is 2.22. The molecule has 0 aliphatic carbocycles. The van der Waals surface area contributed by atoms with E-state index in [9.17, 15) is 9.59 Å². The Morgan fingerprint density at radius 2 is 1.64 bits per heavy atom. The van der Waals surface area contributed by atoms with Gasteiger partial charge in [0.1, 0.15) is 5.60 Å². The number of rotatable bonds is 8. The normalized spacial score (nSPS) is 14.6. The maximum Gasteiger partial charge on any atom is 0.309 e. The highest BCUT2D eigenvalue weighted by molar-refractivity contribution is 5.78. The third-order valence-corrected chi connectivity index (χ3v) is 3.71. The van der Waals surface area contributed by atoms with Gasteiger partial charge in [-0.2, -0.15) is 0 Å². The van der Waals surface area contributed by atoms with E-state index in [-0.39, 0.29) is 36.8 Å². The summed E-state index contributed by atoms with van der Waals surface area (Å²) >= 11 is 0. The average Bonchev–Trinajstić information content (AvgIpc) is 2.51. The van der Waals surface area contributed by atoms with Crippen LogP contribution in [0, 0.1) is 5.92 Å². The van der Waals surface area contributed by atoms with Crippen LogP contribution < -0.4 is 5.73 Å². The number of likely N-dealkylation sites (N-methyl/N-ethyl adjacent to an activating group) is 1. The standard InChI is InChI=1S/C16H32N2O4.C3H8/c1-8-11(2)15(18(6)13(19)10-17)12(21-7)9-14(20)22-16(3,4)5;1-3-2/h11-12,15H,8-10,17H2,1-7H3;3H2,1-2H3. The fourth-order valence-corrected chi connectivity index (χ4v) is 2.44. The molecule has 0 aliphatic heterocycles. The molecule has 0 rings (SSSR count). The van der Waals surface area contributed by atoms with Crippen LogP contribution in [0.3, 0.4) is 0 Å². The van der Waals surface area contributed by atoms with Crippen LogP contribution in [0.5, 0.6) is 0 Å². The molecule has 2 N–H and O–H groups in total. The summed E-state index contributed by atoms with van der Waals surface area (Å²) in [5, 5.41) is 0. The summed E-state index contributed by atoms with van der Waals surface area (Å²) in [7, 11) is 3.25. The Hall–Kier alpha value is -1.14. The van der Waals surface area contributed by atoms with Crippen LogP contribution in [-0.2, 0) is 19.1 Å². The van der Waals surface area contributed by atoms with Crippen LogP contribution in [-0.4, -0.2) is 55.2 Å². The molecule has 0 saturated carbocycles. The summed E-state index contributed by atoms with van der Waals surface area (Å²) < 4.78 is 10.9. The van der Waals surface area contributed by atoms with Crippen LogP contribution in [0.1, 0.15) is 67.7 Å². The number of nitrogens with zero attached hydrogens (tertiary/aromatic N) is 1. The predicted octanol–water partition coefficient (Wildman–Crippen LogP) is 2.98. The smallest absolute Gasteiger partial charge is 0.309 e. The second-order valence-electron chi connectivity index (χ2n) is 7.36. The first-order valence-electron chi connectivity index (χ1n) is 9.19. The van der Waals surface area contributed by atoms with Crippen molar-refractivity contribution < 1.29 is 19.1 Å². The molecule has 0 aromatic heterocycles. The number of carbonyl (C=O) groups is 2. The Morgan fingerprint density at radius 3 is 1.96 bits per heavy atom. The molecule has 3 atom stereocenters. The molecule has 25 heavy (non-hydrogen) atoms. The summed E-state index contributed by atoms with van der Waals surface area (Å²) in [5.74, 6) is -0.328. The summed E-state index contributed by atoms with van der Waals surface area (Å²) in [6, 6.07) is -0.224. The van der Waals surface area contributed by atoms with Gasteiger partial charge in [0.15, 0.2) is 0 Å². The van der Waals surface area contributed by atoms with Crippen molar-refractivity contribution in [3.8, 4) is 0 Å². The molecule has 0 heterocycles. The quantitative estimate of drug-likeness (QED) is 0.673. The Bertz CT molecular complexity index is 380. The maximum atomic E-state index is 12.1. The van der Waals surface area contributed by atoms with Gasteiger partial charge in [-0.25, -0.2) is 0 Å². The van der Waals surface area contributed by atoms with E-state index < -0.39 is 11.7 Å². The van der Waals surface area contributed by atoms with E-state index in [0.717, 1.165) is 6.42 Å². The number of esters is 1. The summed E-state index contributed by atoms with van der Waals surface area (Å²) in [5.41, 5.74) is 4.91. The Morgan fingerprint density at radius 1 is 1.16 bits per heavy atom. The fourth-order valence-electron chi connectivity index (χ4n) is 2.44. The Balaban J connectivity index is 0. The van der Waals surface area contributed by atoms with Gasteiger partial charge >= 0.3 is 5.97 Å². The number of methoxy groups -OCH3 is 1. The highest BCUT2D eigenvalue weighted by atomic mass is 16.6. The lowest BCUT2D eigenvalue weighted by molar-refractivity contribution is -0.160. The van der Waals surface area contributed by atoms with E-state index in [2.05, 4.69) is 13.8 Å². The van der Waals surface area contributed by atoms with E-state index in [1.165, 1.54) is 6.42 Å². The van der Waals surface area contributed by atoms with Crippen LogP contribution in [0.25, 0.3) is 0 Å². The number of hydrogen-bond donors (Lipinski definition) is 1. The van der Waals surface area contributed by atoms with E-state index >= 15 is 0 Å². The van der Waals surface area contributed by atoms with Gasteiger partial charge in [0.05, 0.1) is 25.1 Å². The minimum absolute atomic E-state index is 0.0632. The second-order valence-corrected chi connectivity index (χ2v) is 7.36. The van der Waals surface area contributed by atoms with Gasteiger partial charge in [-0.3, -0.25) is 9.59 Å². The Kier molecular flexibility index (Phi) is 13.7. The van der Waals surface area contributed by atoms with Crippen molar-refractivity contribution >= 4 is 11.9 Å². The third-order valence-electron chi connectivity index (χ3n) is 3.71. The van der Waals surface area contributed by atoms with E-state index in [0.29, 0.717) is 0 Å². The molecular weight excluding hydrogens is 320 g/mol. The van der Waals surface area contributed by atoms with Crippen LogP contribution in [0.2, 0.25) is 0 Å². The molecular formula is C19H40N2O4. The van der Waals surface area contributed by atoms with Crippen LogP contribution in [0.4, 0.5) is 0 Å². The lowest BCUT2D eigenvalue weighted by Gasteiger charge is -2.37. The molecule has 6 nitrogen and oxygen atoms in total. The number of amides is 1. The molecule has 0 aromatic rings. The van der Waals surface area contributed by atoms with Crippen LogP contribution in [0.15, 0.2) is 0 Å². The van der Waals surface area contributed by atoms with Gasteiger partial charge in [-0.05, 0) is 26.7 Å². The SMILES string of the molecule is CCC.CCC(C)C(C(CC(=O)OC(C)(C)C)OC)N(C)C(=O)CN. The van der Waals surface area contributed by atoms with Gasteiger partial charge in [0, 0.05) is 14.2 Å². The molecule has 0 fully saturated rings.